The van der Waals surface area contributed by atoms with E-state index in [9.17, 15) is 0 Å². The van der Waals surface area contributed by atoms with Crippen LogP contribution in [0.15, 0.2) is 6.07 Å². The zero-order valence-electron chi connectivity index (χ0n) is 11.4. The molecule has 0 aromatic carbocycles. The van der Waals surface area contributed by atoms with Crippen LogP contribution in [0.2, 0.25) is 0 Å². The van der Waals surface area contributed by atoms with Gasteiger partial charge in [-0.15, -0.1) is 0 Å². The fourth-order valence-corrected chi connectivity index (χ4v) is 2.53. The van der Waals surface area contributed by atoms with Crippen molar-refractivity contribution in [2.45, 2.75) is 45.1 Å². The Kier molecular flexibility index (Phi) is 4.90. The molecule has 2 N–H and O–H groups in total. The molecule has 0 aliphatic heterocycles. The standard InChI is InChI=1S/C13H20N4OS/c1-9-8-11(18-2)16-12(14-9)17-13(19)15-10-6-4-3-5-7-10/h8,10H,3-7H2,1-2H3,(H2,14,15,16,17,19). The number of anilines is 1. The smallest absolute Gasteiger partial charge is 0.232 e. The van der Waals surface area contributed by atoms with E-state index < -0.39 is 0 Å². The first-order valence-electron chi connectivity index (χ1n) is 6.64. The van der Waals surface area contributed by atoms with Gasteiger partial charge in [0, 0.05) is 17.8 Å². The van der Waals surface area contributed by atoms with Crippen molar-refractivity contribution in [3.05, 3.63) is 11.8 Å². The third kappa shape index (κ3) is 4.31. The Morgan fingerprint density at radius 1 is 1.32 bits per heavy atom. The first-order chi connectivity index (χ1) is 9.17. The molecule has 0 atom stereocenters. The van der Waals surface area contributed by atoms with Crippen LogP contribution in [0.25, 0.3) is 0 Å². The fraction of sp³-hybridized carbons (Fsp3) is 0.615. The van der Waals surface area contributed by atoms with Gasteiger partial charge < -0.3 is 15.4 Å². The summed E-state index contributed by atoms with van der Waals surface area (Å²) in [7, 11) is 1.59. The van der Waals surface area contributed by atoms with E-state index in [0.29, 0.717) is 23.0 Å². The molecule has 1 aliphatic rings. The van der Waals surface area contributed by atoms with Crippen molar-refractivity contribution >= 4 is 23.3 Å². The predicted octanol–water partition coefficient (Wildman–Crippen LogP) is 2.41. The zero-order chi connectivity index (χ0) is 13.7. The van der Waals surface area contributed by atoms with E-state index >= 15 is 0 Å². The number of aromatic nitrogens is 2. The van der Waals surface area contributed by atoms with Crippen LogP contribution in [0, 0.1) is 6.92 Å². The van der Waals surface area contributed by atoms with E-state index in [0.717, 1.165) is 5.69 Å². The molecule has 19 heavy (non-hydrogen) atoms. The highest BCUT2D eigenvalue weighted by Gasteiger charge is 2.14. The highest BCUT2D eigenvalue weighted by molar-refractivity contribution is 7.80. The molecule has 0 bridgehead atoms. The molecule has 5 nitrogen and oxygen atoms in total. The van der Waals surface area contributed by atoms with Crippen molar-refractivity contribution in [2.24, 2.45) is 0 Å². The Labute approximate surface area is 119 Å². The molecular weight excluding hydrogens is 260 g/mol. The summed E-state index contributed by atoms with van der Waals surface area (Å²) >= 11 is 5.30. The third-order valence-corrected chi connectivity index (χ3v) is 3.43. The molecule has 2 rings (SSSR count). The molecule has 1 saturated carbocycles. The Bertz CT molecular complexity index is 446. The van der Waals surface area contributed by atoms with Gasteiger partial charge in [0.2, 0.25) is 11.8 Å². The molecule has 0 unspecified atom stereocenters. The summed E-state index contributed by atoms with van der Waals surface area (Å²) < 4.78 is 5.11. The molecule has 1 fully saturated rings. The SMILES string of the molecule is COc1cc(C)nc(NC(=S)NC2CCCCC2)n1. The van der Waals surface area contributed by atoms with Gasteiger partial charge in [-0.05, 0) is 32.0 Å². The molecule has 1 heterocycles. The molecule has 0 amide bonds. The average molecular weight is 280 g/mol. The monoisotopic (exact) mass is 280 g/mol. The van der Waals surface area contributed by atoms with Crippen molar-refractivity contribution in [1.82, 2.24) is 15.3 Å². The van der Waals surface area contributed by atoms with Crippen LogP contribution in [0.4, 0.5) is 5.95 Å². The first kappa shape index (κ1) is 14.0. The van der Waals surface area contributed by atoms with Gasteiger partial charge in [-0.2, -0.15) is 4.98 Å². The van der Waals surface area contributed by atoms with E-state index in [4.69, 9.17) is 17.0 Å². The minimum atomic E-state index is 0.473. The predicted molar refractivity (Wildman–Crippen MR) is 79.6 cm³/mol. The number of methoxy groups -OCH3 is 1. The van der Waals surface area contributed by atoms with Crippen LogP contribution in [0.3, 0.4) is 0 Å². The van der Waals surface area contributed by atoms with Gasteiger partial charge in [0.25, 0.3) is 0 Å². The summed E-state index contributed by atoms with van der Waals surface area (Å²) in [5.74, 6) is 1.01. The quantitative estimate of drug-likeness (QED) is 0.829. The summed E-state index contributed by atoms with van der Waals surface area (Å²) in [4.78, 5) is 8.50. The maximum Gasteiger partial charge on any atom is 0.232 e. The average Bonchev–Trinajstić information content (AvgIpc) is 2.38. The van der Waals surface area contributed by atoms with E-state index in [1.165, 1.54) is 32.1 Å². The van der Waals surface area contributed by atoms with Gasteiger partial charge in [-0.1, -0.05) is 19.3 Å². The molecule has 104 valence electrons. The normalized spacial score (nSPS) is 15.9. The number of nitrogens with zero attached hydrogens (tertiary/aromatic N) is 2. The van der Waals surface area contributed by atoms with Crippen molar-refractivity contribution in [3.8, 4) is 5.88 Å². The number of aryl methyl sites for hydroxylation is 1. The van der Waals surface area contributed by atoms with Gasteiger partial charge in [-0.3, -0.25) is 0 Å². The summed E-state index contributed by atoms with van der Waals surface area (Å²) in [5.41, 5.74) is 0.842. The maximum absolute atomic E-state index is 5.30. The largest absolute Gasteiger partial charge is 0.481 e. The fourth-order valence-electron chi connectivity index (χ4n) is 2.27. The van der Waals surface area contributed by atoms with Crippen molar-refractivity contribution in [2.75, 3.05) is 12.4 Å². The number of thiocarbonyl (C=S) groups is 1. The maximum atomic E-state index is 5.30. The van der Waals surface area contributed by atoms with Gasteiger partial charge in [0.15, 0.2) is 5.11 Å². The van der Waals surface area contributed by atoms with Gasteiger partial charge >= 0.3 is 0 Å². The van der Waals surface area contributed by atoms with E-state index in [1.54, 1.807) is 13.2 Å². The Morgan fingerprint density at radius 2 is 2.05 bits per heavy atom. The number of hydrogen-bond donors (Lipinski definition) is 2. The number of ether oxygens (including phenoxy) is 1. The molecule has 1 aromatic heterocycles. The second-order valence-electron chi connectivity index (χ2n) is 4.81. The van der Waals surface area contributed by atoms with Crippen molar-refractivity contribution in [1.29, 1.82) is 0 Å². The zero-order valence-corrected chi connectivity index (χ0v) is 12.2. The van der Waals surface area contributed by atoms with E-state index in [1.807, 2.05) is 6.92 Å². The topological polar surface area (TPSA) is 59.1 Å². The van der Waals surface area contributed by atoms with E-state index in [-0.39, 0.29) is 0 Å². The lowest BCUT2D eigenvalue weighted by Gasteiger charge is -2.24. The first-order valence-corrected chi connectivity index (χ1v) is 7.05. The van der Waals surface area contributed by atoms with Crippen LogP contribution in [-0.2, 0) is 0 Å². The molecule has 0 saturated heterocycles. The summed E-state index contributed by atoms with van der Waals surface area (Å²) in [5, 5.41) is 6.93. The number of nitrogens with one attached hydrogen (secondary N) is 2. The molecular formula is C13H20N4OS. The van der Waals surface area contributed by atoms with Crippen molar-refractivity contribution < 1.29 is 4.74 Å². The molecule has 1 aromatic rings. The molecule has 6 heteroatoms. The number of rotatable bonds is 3. The lowest BCUT2D eigenvalue weighted by molar-refractivity contribution is 0.397. The van der Waals surface area contributed by atoms with Crippen LogP contribution in [0.1, 0.15) is 37.8 Å². The van der Waals surface area contributed by atoms with Gasteiger partial charge in [-0.25, -0.2) is 4.98 Å². The Morgan fingerprint density at radius 3 is 2.74 bits per heavy atom. The summed E-state index contributed by atoms with van der Waals surface area (Å²) in [6.45, 7) is 1.90. The lowest BCUT2D eigenvalue weighted by atomic mass is 9.96. The van der Waals surface area contributed by atoms with Crippen LogP contribution < -0.4 is 15.4 Å². The third-order valence-electron chi connectivity index (χ3n) is 3.21. The molecule has 0 spiro atoms. The van der Waals surface area contributed by atoms with Crippen molar-refractivity contribution in [3.63, 3.8) is 0 Å². The highest BCUT2D eigenvalue weighted by Crippen LogP contribution is 2.17. The number of hydrogen-bond acceptors (Lipinski definition) is 4. The second kappa shape index (κ2) is 6.65. The van der Waals surface area contributed by atoms with Crippen LogP contribution >= 0.6 is 12.2 Å². The van der Waals surface area contributed by atoms with Gasteiger partial charge in [0.1, 0.15) is 0 Å². The minimum absolute atomic E-state index is 0.473. The second-order valence-corrected chi connectivity index (χ2v) is 5.22. The van der Waals surface area contributed by atoms with Crippen LogP contribution in [-0.4, -0.2) is 28.2 Å². The van der Waals surface area contributed by atoms with E-state index in [2.05, 4.69) is 20.6 Å². The minimum Gasteiger partial charge on any atom is -0.481 e. The molecule has 0 radical (unpaired) electrons. The summed E-state index contributed by atoms with van der Waals surface area (Å²) in [6, 6.07) is 2.25. The summed E-state index contributed by atoms with van der Waals surface area (Å²) in [6.07, 6.45) is 6.24. The Balaban J connectivity index is 1.92. The highest BCUT2D eigenvalue weighted by atomic mass is 32.1. The Hall–Kier alpha value is -1.43. The molecule has 1 aliphatic carbocycles. The van der Waals surface area contributed by atoms with Gasteiger partial charge in [0.05, 0.1) is 7.11 Å². The lowest BCUT2D eigenvalue weighted by Crippen LogP contribution is -2.39. The van der Waals surface area contributed by atoms with Crippen LogP contribution in [0.5, 0.6) is 5.88 Å².